The summed E-state index contributed by atoms with van der Waals surface area (Å²) in [6.45, 7) is 6.52. The van der Waals surface area contributed by atoms with Gasteiger partial charge in [0.25, 0.3) is 0 Å². The fourth-order valence-corrected chi connectivity index (χ4v) is 2.27. The first-order valence-electron chi connectivity index (χ1n) is 8.11. The number of carbonyl (C=O) groups is 1. The fourth-order valence-electron chi connectivity index (χ4n) is 1.90. The molecule has 142 valence electrons. The van der Waals surface area contributed by atoms with Crippen molar-refractivity contribution in [2.75, 3.05) is 13.7 Å². The van der Waals surface area contributed by atoms with E-state index in [-0.39, 0.29) is 0 Å². The summed E-state index contributed by atoms with van der Waals surface area (Å²) in [7, 11) is -1.56. The lowest BCUT2D eigenvalue weighted by molar-refractivity contribution is -0.141. The van der Waals surface area contributed by atoms with Crippen molar-refractivity contribution in [3.63, 3.8) is 0 Å². The van der Waals surface area contributed by atoms with E-state index in [0.717, 1.165) is 26.0 Å². The number of ketones is 1. The van der Waals surface area contributed by atoms with E-state index >= 15 is 0 Å². The van der Waals surface area contributed by atoms with E-state index in [9.17, 15) is 18.1 Å². The summed E-state index contributed by atoms with van der Waals surface area (Å²) in [5, 5.41) is 0. The summed E-state index contributed by atoms with van der Waals surface area (Å²) >= 11 is 0. The van der Waals surface area contributed by atoms with E-state index in [0.29, 0.717) is 18.4 Å². The zero-order valence-electron chi connectivity index (χ0n) is 15.6. The average molecular weight is 377 g/mol. The number of hydrogen-bond acceptors (Lipinski definition) is 4. The Morgan fingerprint density at radius 3 is 2.16 bits per heavy atom. The van der Waals surface area contributed by atoms with Gasteiger partial charge in [0, 0.05) is 4.57 Å². The highest BCUT2D eigenvalue weighted by molar-refractivity contribution is 7.33. The molecule has 0 rings (SSSR count). The van der Waals surface area contributed by atoms with Crippen LogP contribution in [0.5, 0.6) is 0 Å². The van der Waals surface area contributed by atoms with Crippen molar-refractivity contribution in [2.24, 2.45) is 0 Å². The van der Waals surface area contributed by atoms with Crippen molar-refractivity contribution < 1.29 is 27.2 Å². The quantitative estimate of drug-likeness (QED) is 0.240. The molecule has 0 bridgehead atoms. The van der Waals surface area contributed by atoms with Gasteiger partial charge in [0.2, 0.25) is 5.78 Å². The first kappa shape index (κ1) is 23.8. The molecule has 1 atom stereocenters. The van der Waals surface area contributed by atoms with Crippen LogP contribution in [0.1, 0.15) is 53.4 Å². The van der Waals surface area contributed by atoms with Crippen LogP contribution in [0.2, 0.25) is 0 Å². The standard InChI is InChI=1S/C18H28F2O4P/c1-14(2)8-6-9-15(3)10-7-11-16(4)12-17(21)18(19,20)13-24-25(22)23-5/h8,10,12H,6-7,9,11,13H2,1-5H3/q+1. The molecule has 0 aliphatic carbocycles. The van der Waals surface area contributed by atoms with Crippen LogP contribution < -0.4 is 0 Å². The molecule has 4 nitrogen and oxygen atoms in total. The summed E-state index contributed by atoms with van der Waals surface area (Å²) in [5.41, 5.74) is 3.08. The molecule has 0 fully saturated rings. The van der Waals surface area contributed by atoms with Crippen LogP contribution in [0.4, 0.5) is 8.78 Å². The monoisotopic (exact) mass is 377 g/mol. The minimum atomic E-state index is -3.72. The molecule has 0 radical (unpaired) electrons. The number of carbonyl (C=O) groups excluding carboxylic acids is 1. The Morgan fingerprint density at radius 1 is 1.04 bits per heavy atom. The molecule has 1 unspecified atom stereocenters. The predicted octanol–water partition coefficient (Wildman–Crippen LogP) is 5.93. The van der Waals surface area contributed by atoms with Crippen molar-refractivity contribution in [1.82, 2.24) is 0 Å². The summed E-state index contributed by atoms with van der Waals surface area (Å²) in [6.07, 6.45) is 8.31. The van der Waals surface area contributed by atoms with Crippen molar-refractivity contribution in [3.8, 4) is 0 Å². The van der Waals surface area contributed by atoms with Gasteiger partial charge in [-0.2, -0.15) is 8.78 Å². The van der Waals surface area contributed by atoms with Crippen LogP contribution >= 0.6 is 8.25 Å². The third-order valence-electron chi connectivity index (χ3n) is 3.36. The molecular formula is C18H28F2O4P+. The van der Waals surface area contributed by atoms with Gasteiger partial charge in [-0.3, -0.25) is 4.79 Å². The Morgan fingerprint density at radius 2 is 1.60 bits per heavy atom. The Hall–Kier alpha value is -1.23. The summed E-state index contributed by atoms with van der Waals surface area (Å²) < 4.78 is 46.6. The molecule has 0 amide bonds. The van der Waals surface area contributed by atoms with Gasteiger partial charge in [0.15, 0.2) is 6.61 Å². The molecule has 0 N–H and O–H groups in total. The summed E-state index contributed by atoms with van der Waals surface area (Å²) in [4.78, 5) is 11.6. The maximum atomic E-state index is 13.6. The average Bonchev–Trinajstić information content (AvgIpc) is 2.52. The highest BCUT2D eigenvalue weighted by Crippen LogP contribution is 2.27. The lowest BCUT2D eigenvalue weighted by atomic mass is 10.0. The Labute approximate surface area is 149 Å². The van der Waals surface area contributed by atoms with Crippen molar-refractivity contribution in [1.29, 1.82) is 0 Å². The second kappa shape index (κ2) is 12.2. The topological polar surface area (TPSA) is 52.6 Å². The molecule has 0 spiro atoms. The summed E-state index contributed by atoms with van der Waals surface area (Å²) in [6, 6.07) is 0. The van der Waals surface area contributed by atoms with E-state index in [1.807, 2.05) is 6.92 Å². The van der Waals surface area contributed by atoms with Gasteiger partial charge in [-0.1, -0.05) is 28.9 Å². The SMILES string of the molecule is CO[P+](=O)OCC(F)(F)C(=O)C=C(C)CCC=C(C)CCC=C(C)C. The van der Waals surface area contributed by atoms with Gasteiger partial charge >= 0.3 is 14.2 Å². The lowest BCUT2D eigenvalue weighted by Crippen LogP contribution is -2.32. The van der Waals surface area contributed by atoms with E-state index in [1.54, 1.807) is 6.92 Å². The zero-order valence-corrected chi connectivity index (χ0v) is 16.5. The molecule has 25 heavy (non-hydrogen) atoms. The van der Waals surface area contributed by atoms with E-state index < -0.39 is 26.6 Å². The van der Waals surface area contributed by atoms with Gasteiger partial charge in [-0.05, 0) is 59.5 Å². The van der Waals surface area contributed by atoms with E-state index in [2.05, 4.69) is 35.0 Å². The third kappa shape index (κ3) is 11.9. The van der Waals surface area contributed by atoms with Crippen molar-refractivity contribution in [2.45, 2.75) is 59.3 Å². The predicted molar refractivity (Wildman–Crippen MR) is 95.9 cm³/mol. The van der Waals surface area contributed by atoms with Crippen LogP contribution in [0.25, 0.3) is 0 Å². The lowest BCUT2D eigenvalue weighted by Gasteiger charge is -2.09. The van der Waals surface area contributed by atoms with Crippen molar-refractivity contribution >= 4 is 14.0 Å². The fraction of sp³-hybridized carbons (Fsp3) is 0.611. The van der Waals surface area contributed by atoms with Crippen LogP contribution in [0.15, 0.2) is 34.9 Å². The summed E-state index contributed by atoms with van der Waals surface area (Å²) in [5.74, 6) is -5.07. The van der Waals surface area contributed by atoms with Gasteiger partial charge in [0.05, 0.1) is 7.11 Å². The molecule has 7 heteroatoms. The van der Waals surface area contributed by atoms with Crippen LogP contribution in [-0.4, -0.2) is 25.4 Å². The second-order valence-corrected chi connectivity index (χ2v) is 7.22. The second-order valence-electron chi connectivity index (χ2n) is 6.15. The Kier molecular flexibility index (Phi) is 11.6. The smallest absolute Gasteiger partial charge is 0.288 e. The normalized spacial score (nSPS) is 13.6. The van der Waals surface area contributed by atoms with Crippen LogP contribution in [-0.2, 0) is 18.4 Å². The van der Waals surface area contributed by atoms with Crippen molar-refractivity contribution in [3.05, 3.63) is 34.9 Å². The zero-order chi connectivity index (χ0) is 19.5. The highest BCUT2D eigenvalue weighted by atomic mass is 31.1. The molecule has 0 saturated heterocycles. The number of rotatable bonds is 12. The number of halogens is 2. The molecular weight excluding hydrogens is 349 g/mol. The molecule has 0 aliphatic heterocycles. The third-order valence-corrected chi connectivity index (χ3v) is 4.00. The Bertz CT molecular complexity index is 547. The maximum absolute atomic E-state index is 13.6. The molecule has 0 aromatic rings. The first-order chi connectivity index (χ1) is 11.6. The molecule has 0 saturated carbocycles. The van der Waals surface area contributed by atoms with E-state index in [4.69, 9.17) is 0 Å². The molecule has 0 heterocycles. The van der Waals surface area contributed by atoms with Gasteiger partial charge in [-0.15, -0.1) is 9.05 Å². The van der Waals surface area contributed by atoms with Crippen LogP contribution in [0.3, 0.4) is 0 Å². The maximum Gasteiger partial charge on any atom is 0.697 e. The number of allylic oxidation sites excluding steroid dienone is 6. The highest BCUT2D eigenvalue weighted by Gasteiger charge is 2.41. The minimum Gasteiger partial charge on any atom is -0.288 e. The Balaban J connectivity index is 4.44. The molecule has 0 aromatic carbocycles. The van der Waals surface area contributed by atoms with Gasteiger partial charge in [0.1, 0.15) is 0 Å². The number of alkyl halides is 2. The van der Waals surface area contributed by atoms with Gasteiger partial charge < -0.3 is 0 Å². The first-order valence-corrected chi connectivity index (χ1v) is 9.20. The van der Waals surface area contributed by atoms with Gasteiger partial charge in [-0.25, -0.2) is 0 Å². The van der Waals surface area contributed by atoms with Crippen LogP contribution in [0, 0.1) is 0 Å². The molecule has 0 aliphatic rings. The van der Waals surface area contributed by atoms with E-state index in [1.165, 1.54) is 11.1 Å². The largest absolute Gasteiger partial charge is 0.697 e. The molecule has 0 aromatic heterocycles. The minimum absolute atomic E-state index is 0.523. The number of hydrogen-bond donors (Lipinski definition) is 0.